The Hall–Kier alpha value is -0.820. The first-order valence-electron chi connectivity index (χ1n) is 7.97. The van der Waals surface area contributed by atoms with Crippen molar-refractivity contribution in [2.45, 2.75) is 76.7 Å². The van der Waals surface area contributed by atoms with Crippen molar-refractivity contribution in [1.29, 1.82) is 0 Å². The van der Waals surface area contributed by atoms with Crippen LogP contribution < -0.4 is 5.73 Å². The van der Waals surface area contributed by atoms with Gasteiger partial charge in [-0.3, -0.25) is 0 Å². The van der Waals surface area contributed by atoms with Gasteiger partial charge in [-0.1, -0.05) is 70.2 Å². The van der Waals surface area contributed by atoms with Crippen LogP contribution in [0.25, 0.3) is 0 Å². The molecule has 0 bridgehead atoms. The van der Waals surface area contributed by atoms with Gasteiger partial charge in [0.1, 0.15) is 0 Å². The van der Waals surface area contributed by atoms with Gasteiger partial charge >= 0.3 is 0 Å². The van der Waals surface area contributed by atoms with Gasteiger partial charge in [-0.2, -0.15) is 0 Å². The summed E-state index contributed by atoms with van der Waals surface area (Å²) in [4.78, 5) is 0. The molecule has 0 amide bonds. The van der Waals surface area contributed by atoms with Gasteiger partial charge < -0.3 is 5.73 Å². The first kappa shape index (κ1) is 14.6. The zero-order valence-electron chi connectivity index (χ0n) is 12.6. The molecule has 0 spiro atoms. The van der Waals surface area contributed by atoms with Crippen LogP contribution in [-0.2, 0) is 6.42 Å². The molecule has 2 rings (SSSR count). The Morgan fingerprint density at radius 3 is 2.00 bits per heavy atom. The standard InChI is InChI=1S/C18H29N/c1-15(2)17-10-8-16(9-11-17)14-18(19)12-6-4-3-5-7-13-18/h8-11,15H,3-7,12-14,19H2,1-2H3. The molecule has 1 heteroatoms. The summed E-state index contributed by atoms with van der Waals surface area (Å²) in [5.74, 6) is 0.613. The summed E-state index contributed by atoms with van der Waals surface area (Å²) >= 11 is 0. The van der Waals surface area contributed by atoms with Crippen molar-refractivity contribution in [1.82, 2.24) is 0 Å². The molecule has 0 atom stereocenters. The quantitative estimate of drug-likeness (QED) is 0.829. The molecular weight excluding hydrogens is 230 g/mol. The highest BCUT2D eigenvalue weighted by molar-refractivity contribution is 5.26. The molecule has 0 saturated heterocycles. The van der Waals surface area contributed by atoms with Crippen LogP contribution in [0.5, 0.6) is 0 Å². The first-order chi connectivity index (χ1) is 9.09. The van der Waals surface area contributed by atoms with E-state index in [0.717, 1.165) is 6.42 Å². The Bertz CT molecular complexity index is 369. The largest absolute Gasteiger partial charge is 0.325 e. The van der Waals surface area contributed by atoms with Crippen molar-refractivity contribution >= 4 is 0 Å². The van der Waals surface area contributed by atoms with Gasteiger partial charge in [-0.05, 0) is 36.3 Å². The second-order valence-corrected chi connectivity index (χ2v) is 6.70. The molecule has 1 aromatic carbocycles. The minimum Gasteiger partial charge on any atom is -0.325 e. The highest BCUT2D eigenvalue weighted by Crippen LogP contribution is 2.28. The molecule has 2 N–H and O–H groups in total. The van der Waals surface area contributed by atoms with Gasteiger partial charge in [-0.25, -0.2) is 0 Å². The van der Waals surface area contributed by atoms with E-state index in [1.165, 1.54) is 56.1 Å². The predicted octanol–water partition coefficient (Wildman–Crippen LogP) is 4.79. The maximum Gasteiger partial charge on any atom is 0.0195 e. The number of nitrogens with two attached hydrogens (primary N) is 1. The maximum absolute atomic E-state index is 6.66. The van der Waals surface area contributed by atoms with Gasteiger partial charge in [0.25, 0.3) is 0 Å². The lowest BCUT2D eigenvalue weighted by Crippen LogP contribution is -2.42. The molecular formula is C18H29N. The molecule has 106 valence electrons. The van der Waals surface area contributed by atoms with Crippen LogP contribution in [0.2, 0.25) is 0 Å². The van der Waals surface area contributed by atoms with Crippen LogP contribution in [0.4, 0.5) is 0 Å². The SMILES string of the molecule is CC(C)c1ccc(CC2(N)CCCCCCC2)cc1. The van der Waals surface area contributed by atoms with E-state index in [1.54, 1.807) is 0 Å². The average molecular weight is 259 g/mol. The number of hydrogen-bond acceptors (Lipinski definition) is 1. The second kappa shape index (κ2) is 6.56. The fourth-order valence-corrected chi connectivity index (χ4v) is 3.21. The van der Waals surface area contributed by atoms with Crippen LogP contribution in [0.3, 0.4) is 0 Å². The van der Waals surface area contributed by atoms with Gasteiger partial charge in [0.2, 0.25) is 0 Å². The lowest BCUT2D eigenvalue weighted by Gasteiger charge is -2.31. The van der Waals surface area contributed by atoms with Crippen LogP contribution >= 0.6 is 0 Å². The molecule has 19 heavy (non-hydrogen) atoms. The Kier molecular flexibility index (Phi) is 5.04. The average Bonchev–Trinajstić information content (AvgIpc) is 2.35. The Morgan fingerprint density at radius 2 is 1.47 bits per heavy atom. The molecule has 1 aliphatic carbocycles. The monoisotopic (exact) mass is 259 g/mol. The lowest BCUT2D eigenvalue weighted by atomic mass is 9.80. The summed E-state index contributed by atoms with van der Waals surface area (Å²) < 4.78 is 0. The van der Waals surface area contributed by atoms with Crippen molar-refractivity contribution in [2.24, 2.45) is 5.73 Å². The lowest BCUT2D eigenvalue weighted by molar-refractivity contribution is 0.314. The van der Waals surface area contributed by atoms with Gasteiger partial charge in [-0.15, -0.1) is 0 Å². The van der Waals surface area contributed by atoms with E-state index >= 15 is 0 Å². The van der Waals surface area contributed by atoms with Gasteiger partial charge in [0, 0.05) is 5.54 Å². The highest BCUT2D eigenvalue weighted by atomic mass is 14.7. The molecule has 0 heterocycles. The second-order valence-electron chi connectivity index (χ2n) is 6.70. The summed E-state index contributed by atoms with van der Waals surface area (Å²) in [7, 11) is 0. The van der Waals surface area contributed by atoms with E-state index in [9.17, 15) is 0 Å². The molecule has 1 fully saturated rings. The molecule has 0 unspecified atom stereocenters. The molecule has 1 aliphatic rings. The van der Waals surface area contributed by atoms with E-state index in [0.29, 0.717) is 5.92 Å². The van der Waals surface area contributed by atoms with E-state index in [-0.39, 0.29) is 5.54 Å². The predicted molar refractivity (Wildman–Crippen MR) is 83.5 cm³/mol. The third kappa shape index (κ3) is 4.35. The van der Waals surface area contributed by atoms with Crippen LogP contribution in [0, 0.1) is 0 Å². The summed E-state index contributed by atoms with van der Waals surface area (Å²) in [5.41, 5.74) is 9.53. The molecule has 0 aromatic heterocycles. The molecule has 1 saturated carbocycles. The normalized spacial score (nSPS) is 20.0. The van der Waals surface area contributed by atoms with E-state index in [4.69, 9.17) is 5.73 Å². The van der Waals surface area contributed by atoms with Crippen LogP contribution in [-0.4, -0.2) is 5.54 Å². The first-order valence-corrected chi connectivity index (χ1v) is 7.97. The zero-order valence-corrected chi connectivity index (χ0v) is 12.6. The molecule has 1 nitrogen and oxygen atoms in total. The molecule has 0 radical (unpaired) electrons. The molecule has 0 aliphatic heterocycles. The Balaban J connectivity index is 2.01. The van der Waals surface area contributed by atoms with E-state index in [1.807, 2.05) is 0 Å². The summed E-state index contributed by atoms with van der Waals surface area (Å²) in [6, 6.07) is 9.10. The summed E-state index contributed by atoms with van der Waals surface area (Å²) in [6.45, 7) is 4.49. The fraction of sp³-hybridized carbons (Fsp3) is 0.667. The number of hydrogen-bond donors (Lipinski definition) is 1. The third-order valence-electron chi connectivity index (χ3n) is 4.55. The number of benzene rings is 1. The van der Waals surface area contributed by atoms with E-state index in [2.05, 4.69) is 38.1 Å². The summed E-state index contributed by atoms with van der Waals surface area (Å²) in [5, 5.41) is 0. The van der Waals surface area contributed by atoms with Gasteiger partial charge in [0.05, 0.1) is 0 Å². The highest BCUT2D eigenvalue weighted by Gasteiger charge is 2.25. The topological polar surface area (TPSA) is 26.0 Å². The van der Waals surface area contributed by atoms with Crippen LogP contribution in [0.15, 0.2) is 24.3 Å². The zero-order chi connectivity index (χ0) is 13.7. The van der Waals surface area contributed by atoms with Crippen molar-refractivity contribution in [3.63, 3.8) is 0 Å². The minimum absolute atomic E-state index is 0.0414. The van der Waals surface area contributed by atoms with Crippen molar-refractivity contribution in [3.8, 4) is 0 Å². The van der Waals surface area contributed by atoms with Gasteiger partial charge in [0.15, 0.2) is 0 Å². The van der Waals surface area contributed by atoms with Crippen molar-refractivity contribution in [2.75, 3.05) is 0 Å². The summed E-state index contributed by atoms with van der Waals surface area (Å²) in [6.07, 6.45) is 10.2. The van der Waals surface area contributed by atoms with E-state index < -0.39 is 0 Å². The third-order valence-corrected chi connectivity index (χ3v) is 4.55. The molecule has 1 aromatic rings. The van der Waals surface area contributed by atoms with Crippen molar-refractivity contribution < 1.29 is 0 Å². The number of rotatable bonds is 3. The Morgan fingerprint density at radius 1 is 0.947 bits per heavy atom. The smallest absolute Gasteiger partial charge is 0.0195 e. The van der Waals surface area contributed by atoms with Crippen LogP contribution in [0.1, 0.15) is 75.8 Å². The maximum atomic E-state index is 6.66. The Labute approximate surface area is 118 Å². The fourth-order valence-electron chi connectivity index (χ4n) is 3.21. The minimum atomic E-state index is 0.0414. The van der Waals surface area contributed by atoms with Crippen molar-refractivity contribution in [3.05, 3.63) is 35.4 Å².